The Kier molecular flexibility index (Phi) is 5.01. The van der Waals surface area contributed by atoms with Crippen molar-refractivity contribution in [1.82, 2.24) is 0 Å². The van der Waals surface area contributed by atoms with Crippen LogP contribution in [0, 0.1) is 23.1 Å². The Hall–Kier alpha value is -2.42. The van der Waals surface area contributed by atoms with Crippen molar-refractivity contribution in [2.75, 3.05) is 5.32 Å². The van der Waals surface area contributed by atoms with E-state index in [4.69, 9.17) is 10.4 Å². The lowest BCUT2D eigenvalue weighted by Gasteiger charge is -2.10. The van der Waals surface area contributed by atoms with Gasteiger partial charge in [0.2, 0.25) is 5.91 Å². The van der Waals surface area contributed by atoms with Gasteiger partial charge in [0, 0.05) is 12.8 Å². The number of nitrogens with zero attached hydrogens (tertiary/aromatic N) is 1. The largest absolute Gasteiger partial charge is 0.481 e. The summed E-state index contributed by atoms with van der Waals surface area (Å²) in [5.41, 5.74) is -0.142. The molecule has 1 unspecified atom stereocenters. The summed E-state index contributed by atoms with van der Waals surface area (Å²) in [6.07, 6.45) is -0.130. The number of halogens is 1. The molecule has 0 radical (unpaired) electrons. The third-order valence-corrected chi connectivity index (χ3v) is 2.46. The number of aliphatic carboxylic acids is 1. The van der Waals surface area contributed by atoms with Crippen LogP contribution >= 0.6 is 0 Å². The molecule has 1 atom stereocenters. The highest BCUT2D eigenvalue weighted by molar-refractivity contribution is 5.92. The first-order valence-electron chi connectivity index (χ1n) is 5.64. The molecule has 5 nitrogen and oxygen atoms in total. The molecule has 0 fully saturated rings. The minimum absolute atomic E-state index is 0.00627. The zero-order chi connectivity index (χ0) is 14.4. The monoisotopic (exact) mass is 264 g/mol. The molecule has 0 aliphatic carbocycles. The molecule has 0 aliphatic rings. The quantitative estimate of drug-likeness (QED) is 0.852. The van der Waals surface area contributed by atoms with Crippen molar-refractivity contribution in [1.29, 1.82) is 5.26 Å². The second-order valence-electron chi connectivity index (χ2n) is 4.23. The van der Waals surface area contributed by atoms with Crippen molar-refractivity contribution >= 4 is 17.6 Å². The highest BCUT2D eigenvalue weighted by atomic mass is 19.1. The molecule has 0 saturated heterocycles. The number of carboxylic acid groups (broad SMARTS) is 1. The molecule has 1 aromatic carbocycles. The van der Waals surface area contributed by atoms with Gasteiger partial charge >= 0.3 is 5.97 Å². The van der Waals surface area contributed by atoms with Crippen LogP contribution in [-0.2, 0) is 9.59 Å². The summed E-state index contributed by atoms with van der Waals surface area (Å²) < 4.78 is 13.3. The van der Waals surface area contributed by atoms with Crippen LogP contribution in [0.15, 0.2) is 18.2 Å². The molecule has 1 aromatic rings. The molecule has 0 saturated carbocycles. The van der Waals surface area contributed by atoms with Gasteiger partial charge in [0.15, 0.2) is 0 Å². The number of rotatable bonds is 5. The summed E-state index contributed by atoms with van der Waals surface area (Å²) in [7, 11) is 0. The van der Waals surface area contributed by atoms with Gasteiger partial charge in [0.05, 0.1) is 5.69 Å². The van der Waals surface area contributed by atoms with E-state index >= 15 is 0 Å². The molecule has 0 aliphatic heterocycles. The zero-order valence-corrected chi connectivity index (χ0v) is 10.3. The molecule has 1 amide bonds. The van der Waals surface area contributed by atoms with E-state index in [1.54, 1.807) is 13.0 Å². The SMILES string of the molecule is CC(CC(=O)O)CC(=O)Nc1cccc(F)c1C#N. The van der Waals surface area contributed by atoms with Gasteiger partial charge < -0.3 is 10.4 Å². The van der Waals surface area contributed by atoms with E-state index in [0.717, 1.165) is 6.07 Å². The predicted molar refractivity (Wildman–Crippen MR) is 65.8 cm³/mol. The minimum atomic E-state index is -0.983. The number of nitrogens with one attached hydrogen (secondary N) is 1. The van der Waals surface area contributed by atoms with E-state index in [9.17, 15) is 14.0 Å². The first-order valence-corrected chi connectivity index (χ1v) is 5.64. The van der Waals surface area contributed by atoms with Crippen LogP contribution < -0.4 is 5.32 Å². The third-order valence-electron chi connectivity index (χ3n) is 2.46. The highest BCUT2D eigenvalue weighted by Gasteiger charge is 2.15. The van der Waals surface area contributed by atoms with Crippen LogP contribution in [0.4, 0.5) is 10.1 Å². The third kappa shape index (κ3) is 4.39. The lowest BCUT2D eigenvalue weighted by molar-refractivity contribution is -0.138. The Balaban J connectivity index is 2.70. The van der Waals surface area contributed by atoms with E-state index in [1.165, 1.54) is 12.1 Å². The number of amides is 1. The lowest BCUT2D eigenvalue weighted by Crippen LogP contribution is -2.17. The first kappa shape index (κ1) is 14.6. The van der Waals surface area contributed by atoms with E-state index in [1.807, 2.05) is 0 Å². The lowest BCUT2D eigenvalue weighted by atomic mass is 10.0. The molecular weight excluding hydrogens is 251 g/mol. The second kappa shape index (κ2) is 6.50. The van der Waals surface area contributed by atoms with Gasteiger partial charge in [-0.2, -0.15) is 5.26 Å². The smallest absolute Gasteiger partial charge is 0.303 e. The van der Waals surface area contributed by atoms with E-state index in [2.05, 4.69) is 5.32 Å². The van der Waals surface area contributed by atoms with E-state index in [-0.39, 0.29) is 30.0 Å². The van der Waals surface area contributed by atoms with Gasteiger partial charge in [-0.25, -0.2) is 4.39 Å². The standard InChI is InChI=1S/C13H13FN2O3/c1-8(6-13(18)19)5-12(17)16-11-4-2-3-10(14)9(11)7-15/h2-4,8H,5-6H2,1H3,(H,16,17)(H,18,19). The van der Waals surface area contributed by atoms with Gasteiger partial charge in [0.25, 0.3) is 0 Å². The number of carboxylic acids is 1. The molecule has 0 spiro atoms. The number of hydrogen-bond acceptors (Lipinski definition) is 3. The van der Waals surface area contributed by atoms with Crippen LogP contribution in [0.1, 0.15) is 25.3 Å². The van der Waals surface area contributed by atoms with Gasteiger partial charge in [-0.05, 0) is 18.1 Å². The maximum Gasteiger partial charge on any atom is 0.303 e. The Morgan fingerprint density at radius 1 is 1.47 bits per heavy atom. The summed E-state index contributed by atoms with van der Waals surface area (Å²) in [6.45, 7) is 1.63. The number of hydrogen-bond donors (Lipinski definition) is 2. The normalized spacial score (nSPS) is 11.4. The summed E-state index contributed by atoms with van der Waals surface area (Å²) in [5, 5.41) is 19.8. The fourth-order valence-corrected chi connectivity index (χ4v) is 1.63. The number of anilines is 1. The summed E-state index contributed by atoms with van der Waals surface area (Å²) in [4.78, 5) is 22.1. The molecule has 0 heterocycles. The Labute approximate surface area is 109 Å². The average Bonchev–Trinajstić information content (AvgIpc) is 2.27. The molecular formula is C13H13FN2O3. The van der Waals surface area contributed by atoms with Gasteiger partial charge in [-0.3, -0.25) is 9.59 Å². The molecule has 1 rings (SSSR count). The number of carbonyl (C=O) groups is 2. The summed E-state index contributed by atoms with van der Waals surface area (Å²) >= 11 is 0. The summed E-state index contributed by atoms with van der Waals surface area (Å²) in [5.74, 6) is -2.48. The predicted octanol–water partition coefficient (Wildman–Crippen LogP) is 2.14. The average molecular weight is 264 g/mol. The molecule has 0 bridgehead atoms. The molecule has 2 N–H and O–H groups in total. The first-order chi connectivity index (χ1) is 8.93. The van der Waals surface area contributed by atoms with Crippen molar-refractivity contribution in [2.24, 2.45) is 5.92 Å². The van der Waals surface area contributed by atoms with Crippen LogP contribution in [0.25, 0.3) is 0 Å². The Bertz CT molecular complexity index is 537. The van der Waals surface area contributed by atoms with Crippen molar-refractivity contribution in [2.45, 2.75) is 19.8 Å². The number of benzene rings is 1. The maximum atomic E-state index is 13.3. The second-order valence-corrected chi connectivity index (χ2v) is 4.23. The van der Waals surface area contributed by atoms with Crippen molar-refractivity contribution in [3.05, 3.63) is 29.6 Å². The molecule has 6 heteroatoms. The highest BCUT2D eigenvalue weighted by Crippen LogP contribution is 2.18. The maximum absolute atomic E-state index is 13.3. The summed E-state index contributed by atoms with van der Waals surface area (Å²) in [6, 6.07) is 5.60. The number of carbonyl (C=O) groups excluding carboxylic acids is 1. The van der Waals surface area contributed by atoms with Crippen LogP contribution in [-0.4, -0.2) is 17.0 Å². The fourth-order valence-electron chi connectivity index (χ4n) is 1.63. The minimum Gasteiger partial charge on any atom is -0.481 e. The van der Waals surface area contributed by atoms with E-state index < -0.39 is 17.7 Å². The van der Waals surface area contributed by atoms with Crippen molar-refractivity contribution in [3.8, 4) is 6.07 Å². The Morgan fingerprint density at radius 3 is 2.74 bits per heavy atom. The Morgan fingerprint density at radius 2 is 2.16 bits per heavy atom. The fraction of sp³-hybridized carbons (Fsp3) is 0.308. The molecule has 100 valence electrons. The number of nitriles is 1. The zero-order valence-electron chi connectivity index (χ0n) is 10.3. The molecule has 19 heavy (non-hydrogen) atoms. The van der Waals surface area contributed by atoms with Crippen molar-refractivity contribution in [3.63, 3.8) is 0 Å². The van der Waals surface area contributed by atoms with Gasteiger partial charge in [-0.15, -0.1) is 0 Å². The van der Waals surface area contributed by atoms with Crippen molar-refractivity contribution < 1.29 is 19.1 Å². The van der Waals surface area contributed by atoms with Gasteiger partial charge in [0.1, 0.15) is 17.4 Å². The van der Waals surface area contributed by atoms with Gasteiger partial charge in [-0.1, -0.05) is 13.0 Å². The molecule has 0 aromatic heterocycles. The van der Waals surface area contributed by atoms with Crippen LogP contribution in [0.3, 0.4) is 0 Å². The van der Waals surface area contributed by atoms with Crippen LogP contribution in [0.5, 0.6) is 0 Å². The topological polar surface area (TPSA) is 90.2 Å². The van der Waals surface area contributed by atoms with E-state index in [0.29, 0.717) is 0 Å². The van der Waals surface area contributed by atoms with Crippen LogP contribution in [0.2, 0.25) is 0 Å².